The molecule has 0 radical (unpaired) electrons. The Morgan fingerprint density at radius 3 is 2.45 bits per heavy atom. The lowest BCUT2D eigenvalue weighted by atomic mass is 10.0. The molecule has 0 saturated heterocycles. The van der Waals surface area contributed by atoms with Gasteiger partial charge >= 0.3 is 0 Å². The van der Waals surface area contributed by atoms with Gasteiger partial charge in [-0.05, 0) is 28.5 Å². The van der Waals surface area contributed by atoms with Crippen molar-refractivity contribution in [2.24, 2.45) is 0 Å². The van der Waals surface area contributed by atoms with Gasteiger partial charge in [0.05, 0.1) is 0 Å². The third-order valence-corrected chi connectivity index (χ3v) is 3.33. The Bertz CT molecular complexity index is 777. The van der Waals surface area contributed by atoms with E-state index in [0.717, 1.165) is 16.3 Å². The van der Waals surface area contributed by atoms with Crippen LogP contribution < -0.4 is 0 Å². The summed E-state index contributed by atoms with van der Waals surface area (Å²) in [6.07, 6.45) is 0.286. The molecule has 0 bridgehead atoms. The summed E-state index contributed by atoms with van der Waals surface area (Å²) in [5, 5.41) is 2.26. The zero-order valence-corrected chi connectivity index (χ0v) is 10.8. The summed E-state index contributed by atoms with van der Waals surface area (Å²) in [6, 6.07) is 19.8. The molecule has 0 aliphatic heterocycles. The number of fused-ring (bicyclic) bond motifs is 1. The van der Waals surface area contributed by atoms with E-state index in [0.29, 0.717) is 5.56 Å². The average molecular weight is 264 g/mol. The summed E-state index contributed by atoms with van der Waals surface area (Å²) in [5.74, 6) is -0.450. The highest BCUT2D eigenvalue weighted by Gasteiger charge is 2.08. The Labute approximate surface area is 116 Å². The van der Waals surface area contributed by atoms with Crippen LogP contribution in [0.1, 0.15) is 15.9 Å². The lowest BCUT2D eigenvalue weighted by molar-refractivity contribution is 0.0992. The van der Waals surface area contributed by atoms with Gasteiger partial charge in [-0.3, -0.25) is 4.79 Å². The maximum atomic E-state index is 13.1. The molecule has 0 aromatic heterocycles. The number of hydrogen-bond donors (Lipinski definition) is 0. The number of Topliss-reactive ketones (excluding diaryl/α,β-unsaturated/α-hetero) is 1. The number of hydrogen-bond acceptors (Lipinski definition) is 1. The van der Waals surface area contributed by atoms with Crippen LogP contribution in [-0.2, 0) is 6.42 Å². The van der Waals surface area contributed by atoms with Crippen molar-refractivity contribution >= 4 is 16.6 Å². The summed E-state index contributed by atoms with van der Waals surface area (Å²) >= 11 is 0. The third-order valence-electron chi connectivity index (χ3n) is 3.33. The second-order valence-electron chi connectivity index (χ2n) is 4.79. The maximum Gasteiger partial charge on any atom is 0.167 e. The van der Waals surface area contributed by atoms with Gasteiger partial charge in [0.25, 0.3) is 0 Å². The van der Waals surface area contributed by atoms with Crippen molar-refractivity contribution in [3.8, 4) is 0 Å². The largest absolute Gasteiger partial charge is 0.294 e. The molecule has 0 aliphatic carbocycles. The van der Waals surface area contributed by atoms with Gasteiger partial charge in [0.1, 0.15) is 5.82 Å². The number of benzene rings is 3. The van der Waals surface area contributed by atoms with E-state index in [-0.39, 0.29) is 18.0 Å². The van der Waals surface area contributed by atoms with Crippen molar-refractivity contribution in [2.45, 2.75) is 6.42 Å². The molecule has 1 nitrogen and oxygen atoms in total. The van der Waals surface area contributed by atoms with Crippen molar-refractivity contribution in [3.63, 3.8) is 0 Å². The molecule has 0 unspecified atom stereocenters. The van der Waals surface area contributed by atoms with E-state index in [1.54, 1.807) is 12.1 Å². The fourth-order valence-electron chi connectivity index (χ4n) is 2.30. The van der Waals surface area contributed by atoms with Gasteiger partial charge in [-0.25, -0.2) is 4.39 Å². The van der Waals surface area contributed by atoms with Gasteiger partial charge in [0.15, 0.2) is 5.78 Å². The maximum absolute atomic E-state index is 13.1. The summed E-state index contributed by atoms with van der Waals surface area (Å²) < 4.78 is 13.1. The number of ketones is 1. The van der Waals surface area contributed by atoms with Crippen molar-refractivity contribution in [1.29, 1.82) is 0 Å². The van der Waals surface area contributed by atoms with Gasteiger partial charge in [0, 0.05) is 12.0 Å². The number of carbonyl (C=O) groups excluding carboxylic acids is 1. The first-order chi connectivity index (χ1) is 9.72. The predicted octanol–water partition coefficient (Wildman–Crippen LogP) is 4.40. The van der Waals surface area contributed by atoms with Crippen molar-refractivity contribution in [3.05, 3.63) is 83.7 Å². The number of halogens is 1. The normalized spacial score (nSPS) is 10.7. The first-order valence-corrected chi connectivity index (χ1v) is 6.49. The van der Waals surface area contributed by atoms with Gasteiger partial charge in [-0.1, -0.05) is 54.6 Å². The first kappa shape index (κ1) is 12.5. The van der Waals surface area contributed by atoms with Crippen molar-refractivity contribution < 1.29 is 9.18 Å². The summed E-state index contributed by atoms with van der Waals surface area (Å²) in [5.41, 5.74) is 1.36. The van der Waals surface area contributed by atoms with E-state index in [1.165, 1.54) is 12.1 Å². The number of carbonyl (C=O) groups is 1. The Balaban J connectivity index is 1.87. The fourth-order valence-corrected chi connectivity index (χ4v) is 2.30. The molecule has 20 heavy (non-hydrogen) atoms. The minimum Gasteiger partial charge on any atom is -0.294 e. The van der Waals surface area contributed by atoms with Crippen LogP contribution in [0.4, 0.5) is 4.39 Å². The van der Waals surface area contributed by atoms with Gasteiger partial charge < -0.3 is 0 Å². The third kappa shape index (κ3) is 2.59. The molecule has 0 fully saturated rings. The highest BCUT2D eigenvalue weighted by Crippen LogP contribution is 2.17. The van der Waals surface area contributed by atoms with E-state index < -0.39 is 0 Å². The summed E-state index contributed by atoms with van der Waals surface area (Å²) in [7, 11) is 0. The Kier molecular flexibility index (Phi) is 3.30. The van der Waals surface area contributed by atoms with Crippen LogP contribution in [0.5, 0.6) is 0 Å². The highest BCUT2D eigenvalue weighted by atomic mass is 19.1. The molecule has 2 heteroatoms. The molecule has 3 aromatic rings. The van der Waals surface area contributed by atoms with Crippen molar-refractivity contribution in [2.75, 3.05) is 0 Å². The summed E-state index contributed by atoms with van der Waals surface area (Å²) in [6.45, 7) is 0. The zero-order chi connectivity index (χ0) is 13.9. The van der Waals surface area contributed by atoms with Gasteiger partial charge in [-0.2, -0.15) is 0 Å². The highest BCUT2D eigenvalue weighted by molar-refractivity contribution is 5.98. The minimum absolute atomic E-state index is 0.0696. The average Bonchev–Trinajstić information content (AvgIpc) is 2.47. The van der Waals surface area contributed by atoms with Crippen LogP contribution in [0, 0.1) is 5.82 Å². The quantitative estimate of drug-likeness (QED) is 0.641. The summed E-state index contributed by atoms with van der Waals surface area (Å²) in [4.78, 5) is 12.1. The second kappa shape index (κ2) is 5.25. The van der Waals surface area contributed by atoms with E-state index in [9.17, 15) is 9.18 Å². The van der Waals surface area contributed by atoms with Gasteiger partial charge in [-0.15, -0.1) is 0 Å². The molecule has 3 rings (SSSR count). The topological polar surface area (TPSA) is 17.1 Å². The van der Waals surface area contributed by atoms with E-state index >= 15 is 0 Å². The number of rotatable bonds is 3. The first-order valence-electron chi connectivity index (χ1n) is 6.49. The lowest BCUT2D eigenvalue weighted by Gasteiger charge is -2.04. The molecule has 0 spiro atoms. The molecule has 0 heterocycles. The lowest BCUT2D eigenvalue weighted by Crippen LogP contribution is -2.03. The molecule has 3 aromatic carbocycles. The Morgan fingerprint density at radius 2 is 1.65 bits per heavy atom. The van der Waals surface area contributed by atoms with Crippen LogP contribution in [0.25, 0.3) is 10.8 Å². The standard InChI is InChI=1S/C18H13FO/c19-17-7-3-6-16(12-17)18(20)11-13-8-9-14-4-1-2-5-15(14)10-13/h1-10,12H,11H2. The van der Waals surface area contributed by atoms with E-state index in [2.05, 4.69) is 0 Å². The predicted molar refractivity (Wildman–Crippen MR) is 78.4 cm³/mol. The molecule has 0 saturated carbocycles. The second-order valence-corrected chi connectivity index (χ2v) is 4.79. The zero-order valence-electron chi connectivity index (χ0n) is 10.8. The van der Waals surface area contributed by atoms with Crippen LogP contribution >= 0.6 is 0 Å². The molecule has 0 atom stereocenters. The molecule has 0 N–H and O–H groups in total. The van der Waals surface area contributed by atoms with Crippen LogP contribution in [-0.4, -0.2) is 5.78 Å². The molecule has 98 valence electrons. The Hall–Kier alpha value is -2.48. The fraction of sp³-hybridized carbons (Fsp3) is 0.0556. The smallest absolute Gasteiger partial charge is 0.167 e. The SMILES string of the molecule is O=C(Cc1ccc2ccccc2c1)c1cccc(F)c1. The van der Waals surface area contributed by atoms with E-state index in [4.69, 9.17) is 0 Å². The van der Waals surface area contributed by atoms with Gasteiger partial charge in [0.2, 0.25) is 0 Å². The Morgan fingerprint density at radius 1 is 0.850 bits per heavy atom. The molecule has 0 aliphatic rings. The van der Waals surface area contributed by atoms with Crippen molar-refractivity contribution in [1.82, 2.24) is 0 Å². The molecule has 0 amide bonds. The molecular weight excluding hydrogens is 251 g/mol. The minimum atomic E-state index is -0.380. The van der Waals surface area contributed by atoms with Crippen LogP contribution in [0.3, 0.4) is 0 Å². The van der Waals surface area contributed by atoms with E-state index in [1.807, 2.05) is 42.5 Å². The monoisotopic (exact) mass is 264 g/mol. The van der Waals surface area contributed by atoms with Crippen LogP contribution in [0.15, 0.2) is 66.7 Å². The van der Waals surface area contributed by atoms with Crippen LogP contribution in [0.2, 0.25) is 0 Å². The molecular formula is C18H13FO.